The van der Waals surface area contributed by atoms with Crippen LogP contribution in [0.5, 0.6) is 0 Å². The number of unbranched alkanes of at least 4 members (excludes halogenated alkanes) is 2. The number of allylic oxidation sites excluding steroid dienone is 2. The van der Waals surface area contributed by atoms with Gasteiger partial charge in [-0.05, 0) is 12.8 Å². The average molecular weight is 232 g/mol. The third-order valence-electron chi connectivity index (χ3n) is 2.44. The maximum Gasteiger partial charge on any atom is 0.500 e. The van der Waals surface area contributed by atoms with Crippen LogP contribution in [-0.2, 0) is 13.3 Å². The second-order valence-electron chi connectivity index (χ2n) is 3.45. The van der Waals surface area contributed by atoms with Gasteiger partial charge >= 0.3 is 8.80 Å². The SMILES string of the molecule is CCCC/C=C/CC[Si](OC)(OC)OC. The fourth-order valence-electron chi connectivity index (χ4n) is 1.37. The molecule has 0 fully saturated rings. The summed E-state index contributed by atoms with van der Waals surface area (Å²) >= 11 is 0. The molecule has 0 N–H and O–H groups in total. The van der Waals surface area contributed by atoms with Crippen LogP contribution in [-0.4, -0.2) is 30.1 Å². The maximum atomic E-state index is 5.32. The Morgan fingerprint density at radius 1 is 0.933 bits per heavy atom. The van der Waals surface area contributed by atoms with E-state index in [2.05, 4.69) is 19.1 Å². The molecule has 0 spiro atoms. The van der Waals surface area contributed by atoms with Crippen molar-refractivity contribution in [2.24, 2.45) is 0 Å². The van der Waals surface area contributed by atoms with Gasteiger partial charge < -0.3 is 13.3 Å². The number of rotatable bonds is 9. The van der Waals surface area contributed by atoms with Crippen LogP contribution < -0.4 is 0 Å². The molecule has 0 amide bonds. The number of hydrogen-bond acceptors (Lipinski definition) is 3. The largest absolute Gasteiger partial charge is 0.500 e. The first-order chi connectivity index (χ1) is 7.24. The molecular weight excluding hydrogens is 208 g/mol. The minimum Gasteiger partial charge on any atom is -0.377 e. The third kappa shape index (κ3) is 6.09. The van der Waals surface area contributed by atoms with E-state index in [1.54, 1.807) is 21.3 Å². The van der Waals surface area contributed by atoms with Gasteiger partial charge in [-0.15, -0.1) is 0 Å². The molecule has 0 unspecified atom stereocenters. The first-order valence-electron chi connectivity index (χ1n) is 5.55. The molecule has 0 aliphatic rings. The molecule has 0 rings (SSSR count). The van der Waals surface area contributed by atoms with Crippen LogP contribution >= 0.6 is 0 Å². The fraction of sp³-hybridized carbons (Fsp3) is 0.818. The minimum absolute atomic E-state index is 0.846. The van der Waals surface area contributed by atoms with Gasteiger partial charge in [-0.25, -0.2) is 0 Å². The molecule has 4 heteroatoms. The van der Waals surface area contributed by atoms with Gasteiger partial charge in [-0.3, -0.25) is 0 Å². The zero-order valence-electron chi connectivity index (χ0n) is 10.4. The van der Waals surface area contributed by atoms with Crippen molar-refractivity contribution in [3.63, 3.8) is 0 Å². The highest BCUT2D eigenvalue weighted by molar-refractivity contribution is 6.60. The molecule has 15 heavy (non-hydrogen) atoms. The Morgan fingerprint density at radius 3 is 1.93 bits per heavy atom. The molecule has 0 aromatic rings. The van der Waals surface area contributed by atoms with Crippen molar-refractivity contribution in [1.82, 2.24) is 0 Å². The van der Waals surface area contributed by atoms with Crippen molar-refractivity contribution in [1.29, 1.82) is 0 Å². The van der Waals surface area contributed by atoms with Crippen molar-refractivity contribution in [2.45, 2.75) is 38.7 Å². The Hall–Kier alpha value is -0.163. The van der Waals surface area contributed by atoms with Crippen molar-refractivity contribution in [2.75, 3.05) is 21.3 Å². The van der Waals surface area contributed by atoms with E-state index in [0.29, 0.717) is 0 Å². The second kappa shape index (κ2) is 9.09. The lowest BCUT2D eigenvalue weighted by molar-refractivity contribution is 0.124. The van der Waals surface area contributed by atoms with Crippen LogP contribution in [0.4, 0.5) is 0 Å². The predicted octanol–water partition coefficient (Wildman–Crippen LogP) is 3.00. The van der Waals surface area contributed by atoms with Gasteiger partial charge in [0.1, 0.15) is 0 Å². The van der Waals surface area contributed by atoms with E-state index in [0.717, 1.165) is 18.9 Å². The highest BCUT2D eigenvalue weighted by Crippen LogP contribution is 2.15. The Morgan fingerprint density at radius 2 is 1.47 bits per heavy atom. The van der Waals surface area contributed by atoms with E-state index in [1.807, 2.05) is 0 Å². The molecule has 0 saturated carbocycles. The molecule has 0 aliphatic carbocycles. The Bertz CT molecular complexity index is 159. The van der Waals surface area contributed by atoms with E-state index in [4.69, 9.17) is 13.3 Å². The van der Waals surface area contributed by atoms with Gasteiger partial charge in [0.2, 0.25) is 0 Å². The maximum absolute atomic E-state index is 5.32. The van der Waals surface area contributed by atoms with Crippen molar-refractivity contribution < 1.29 is 13.3 Å². The van der Waals surface area contributed by atoms with Gasteiger partial charge in [-0.1, -0.05) is 31.9 Å². The fourth-order valence-corrected chi connectivity index (χ4v) is 3.01. The normalized spacial score (nSPS) is 12.5. The van der Waals surface area contributed by atoms with Gasteiger partial charge in [0, 0.05) is 27.4 Å². The van der Waals surface area contributed by atoms with Crippen LogP contribution in [0.1, 0.15) is 32.6 Å². The van der Waals surface area contributed by atoms with E-state index in [-0.39, 0.29) is 0 Å². The van der Waals surface area contributed by atoms with Crippen LogP contribution in [0.25, 0.3) is 0 Å². The van der Waals surface area contributed by atoms with E-state index < -0.39 is 8.80 Å². The molecular formula is C11H24O3Si. The van der Waals surface area contributed by atoms with Gasteiger partial charge in [0.05, 0.1) is 0 Å². The quantitative estimate of drug-likeness (QED) is 0.347. The summed E-state index contributed by atoms with van der Waals surface area (Å²) in [5.74, 6) is 0. The summed E-state index contributed by atoms with van der Waals surface area (Å²) in [7, 11) is 2.62. The summed E-state index contributed by atoms with van der Waals surface area (Å²) in [6.45, 7) is 2.20. The molecule has 0 bridgehead atoms. The highest BCUT2D eigenvalue weighted by Gasteiger charge is 2.36. The Kier molecular flexibility index (Phi) is 8.99. The third-order valence-corrected chi connectivity index (χ3v) is 5.21. The molecule has 0 radical (unpaired) electrons. The van der Waals surface area contributed by atoms with Gasteiger partial charge in [-0.2, -0.15) is 0 Å². The molecule has 0 saturated heterocycles. The second-order valence-corrected chi connectivity index (χ2v) is 6.54. The monoisotopic (exact) mass is 232 g/mol. The molecule has 0 atom stereocenters. The molecule has 0 aromatic carbocycles. The van der Waals surface area contributed by atoms with Crippen LogP contribution in [0, 0.1) is 0 Å². The Labute approximate surface area is 94.8 Å². The topological polar surface area (TPSA) is 27.7 Å². The summed E-state index contributed by atoms with van der Waals surface area (Å²) in [6, 6.07) is 0.846. The molecule has 90 valence electrons. The first-order valence-corrected chi connectivity index (χ1v) is 7.48. The minimum atomic E-state index is -2.34. The zero-order chi connectivity index (χ0) is 11.6. The lowest BCUT2D eigenvalue weighted by Gasteiger charge is -2.23. The predicted molar refractivity (Wildman–Crippen MR) is 64.9 cm³/mol. The summed E-state index contributed by atoms with van der Waals surface area (Å²) in [5, 5.41) is 0. The summed E-state index contributed by atoms with van der Waals surface area (Å²) in [4.78, 5) is 0. The standard InChI is InChI=1S/C11H24O3Si/c1-5-6-7-8-9-10-11-15(12-2,13-3)14-4/h8-9H,5-7,10-11H2,1-4H3/b9-8+. The van der Waals surface area contributed by atoms with E-state index in [9.17, 15) is 0 Å². The summed E-state index contributed by atoms with van der Waals surface area (Å²) in [5.41, 5.74) is 0. The summed E-state index contributed by atoms with van der Waals surface area (Å²) in [6.07, 6.45) is 9.05. The number of hydrogen-bond donors (Lipinski definition) is 0. The van der Waals surface area contributed by atoms with Crippen LogP contribution in [0.3, 0.4) is 0 Å². The van der Waals surface area contributed by atoms with Crippen LogP contribution in [0.2, 0.25) is 6.04 Å². The molecule has 3 nitrogen and oxygen atoms in total. The summed E-state index contributed by atoms with van der Waals surface area (Å²) < 4.78 is 16.0. The van der Waals surface area contributed by atoms with E-state index in [1.165, 1.54) is 12.8 Å². The van der Waals surface area contributed by atoms with Crippen LogP contribution in [0.15, 0.2) is 12.2 Å². The van der Waals surface area contributed by atoms with Crippen molar-refractivity contribution in [3.8, 4) is 0 Å². The lowest BCUT2D eigenvalue weighted by Crippen LogP contribution is -2.42. The van der Waals surface area contributed by atoms with Crippen molar-refractivity contribution >= 4 is 8.80 Å². The van der Waals surface area contributed by atoms with Gasteiger partial charge in [0.25, 0.3) is 0 Å². The molecule has 0 aliphatic heterocycles. The Balaban J connectivity index is 3.75. The first kappa shape index (κ1) is 14.8. The average Bonchev–Trinajstić information content (AvgIpc) is 2.29. The highest BCUT2D eigenvalue weighted by atomic mass is 28.4. The molecule has 0 aromatic heterocycles. The lowest BCUT2D eigenvalue weighted by atomic mass is 10.2. The van der Waals surface area contributed by atoms with Gasteiger partial charge in [0.15, 0.2) is 0 Å². The van der Waals surface area contributed by atoms with Crippen molar-refractivity contribution in [3.05, 3.63) is 12.2 Å². The molecule has 0 heterocycles. The zero-order valence-corrected chi connectivity index (χ0v) is 11.4. The van der Waals surface area contributed by atoms with E-state index >= 15 is 0 Å². The smallest absolute Gasteiger partial charge is 0.377 e.